The first-order valence-electron chi connectivity index (χ1n) is 20.4. The van der Waals surface area contributed by atoms with E-state index in [-0.39, 0.29) is 0 Å². The van der Waals surface area contributed by atoms with Crippen LogP contribution in [-0.2, 0) is 0 Å². The lowest BCUT2D eigenvalue weighted by molar-refractivity contribution is 0.487. The SMILES string of the molecule is C[Si](C)(C)c1ccc(N(c2ccccc2)c2ccc3c(c2)Oc2cccc4c2c-3cc2ccc(N(c3ccccc3)c3ccc5c(ccc6ccccc65)c3)cc24)cc1. The van der Waals surface area contributed by atoms with E-state index in [1.807, 2.05) is 0 Å². The van der Waals surface area contributed by atoms with Gasteiger partial charge < -0.3 is 14.5 Å². The molecule has 282 valence electrons. The Morgan fingerprint density at radius 2 is 0.881 bits per heavy atom. The second-order valence-corrected chi connectivity index (χ2v) is 21.7. The molecule has 0 saturated carbocycles. The molecule has 1 heterocycles. The van der Waals surface area contributed by atoms with Crippen LogP contribution in [0.25, 0.3) is 54.2 Å². The second-order valence-electron chi connectivity index (χ2n) is 16.6. The van der Waals surface area contributed by atoms with Crippen molar-refractivity contribution in [3.05, 3.63) is 200 Å². The molecule has 0 aliphatic carbocycles. The molecule has 0 aromatic heterocycles. The van der Waals surface area contributed by atoms with E-state index in [1.165, 1.54) is 48.5 Å². The smallest absolute Gasteiger partial charge is 0.137 e. The van der Waals surface area contributed by atoms with Crippen molar-refractivity contribution in [2.45, 2.75) is 19.6 Å². The Balaban J connectivity index is 1.03. The summed E-state index contributed by atoms with van der Waals surface area (Å²) in [6.07, 6.45) is 0. The van der Waals surface area contributed by atoms with Crippen LogP contribution < -0.4 is 19.7 Å². The van der Waals surface area contributed by atoms with Crippen LogP contribution in [0, 0.1) is 0 Å². The molecule has 10 aromatic carbocycles. The summed E-state index contributed by atoms with van der Waals surface area (Å²) in [7, 11) is -1.44. The normalized spacial score (nSPS) is 12.1. The Kier molecular flexibility index (Phi) is 8.17. The van der Waals surface area contributed by atoms with Crippen LogP contribution >= 0.6 is 0 Å². The Morgan fingerprint density at radius 3 is 1.64 bits per heavy atom. The third-order valence-electron chi connectivity index (χ3n) is 11.9. The van der Waals surface area contributed by atoms with Gasteiger partial charge in [-0.05, 0) is 128 Å². The molecule has 0 fully saturated rings. The van der Waals surface area contributed by atoms with E-state index < -0.39 is 8.07 Å². The summed E-state index contributed by atoms with van der Waals surface area (Å²) in [5.41, 5.74) is 8.90. The maximum Gasteiger partial charge on any atom is 0.137 e. The van der Waals surface area contributed by atoms with E-state index in [0.717, 1.165) is 56.6 Å². The fraction of sp³-hybridized carbons (Fsp3) is 0.0545. The summed E-state index contributed by atoms with van der Waals surface area (Å²) < 4.78 is 6.88. The van der Waals surface area contributed by atoms with Gasteiger partial charge in [0, 0.05) is 51.1 Å². The molecule has 0 atom stereocenters. The molecule has 0 amide bonds. The first kappa shape index (κ1) is 35.1. The van der Waals surface area contributed by atoms with E-state index in [4.69, 9.17) is 4.74 Å². The standard InChI is InChI=1S/C55H42N2OSi/c1-59(2,3)46-29-25-42(26-30-46)56(40-14-6-4-7-15-40)45-28-32-49-52-34-39-23-24-44(35-51(39)50-19-12-20-53(55(50)52)58-54(49)36-45)57(41-16-8-5-9-17-41)43-27-31-48-38(33-43)22-21-37-13-10-11-18-47(37)48/h4-36H,1-3H3. The first-order valence-corrected chi connectivity index (χ1v) is 23.9. The highest BCUT2D eigenvalue weighted by atomic mass is 28.3. The summed E-state index contributed by atoms with van der Waals surface area (Å²) in [5.74, 6) is 1.74. The summed E-state index contributed by atoms with van der Waals surface area (Å²) in [6.45, 7) is 7.18. The van der Waals surface area contributed by atoms with Crippen molar-refractivity contribution in [3.63, 3.8) is 0 Å². The maximum absolute atomic E-state index is 6.88. The minimum Gasteiger partial charge on any atom is -0.456 e. The number of hydrogen-bond acceptors (Lipinski definition) is 3. The molecule has 4 heteroatoms. The Labute approximate surface area is 346 Å². The van der Waals surface area contributed by atoms with Gasteiger partial charge in [0.15, 0.2) is 0 Å². The quantitative estimate of drug-likeness (QED) is 0.118. The third-order valence-corrected chi connectivity index (χ3v) is 14.0. The zero-order valence-corrected chi connectivity index (χ0v) is 34.4. The topological polar surface area (TPSA) is 15.7 Å². The molecule has 11 rings (SSSR count). The zero-order valence-electron chi connectivity index (χ0n) is 33.4. The molecule has 10 aromatic rings. The van der Waals surface area contributed by atoms with Crippen molar-refractivity contribution in [1.82, 2.24) is 0 Å². The van der Waals surface area contributed by atoms with Gasteiger partial charge in [-0.25, -0.2) is 0 Å². The van der Waals surface area contributed by atoms with Crippen molar-refractivity contribution in [1.29, 1.82) is 0 Å². The average molecular weight is 775 g/mol. The lowest BCUT2D eigenvalue weighted by atomic mass is 9.90. The number of nitrogens with zero attached hydrogens (tertiary/aromatic N) is 2. The van der Waals surface area contributed by atoms with Crippen LogP contribution in [0.5, 0.6) is 11.5 Å². The highest BCUT2D eigenvalue weighted by Crippen LogP contribution is 2.51. The van der Waals surface area contributed by atoms with Gasteiger partial charge in [-0.3, -0.25) is 0 Å². The number of anilines is 6. The number of benzene rings is 10. The number of fused-ring (bicyclic) bond motifs is 7. The van der Waals surface area contributed by atoms with Gasteiger partial charge in [-0.1, -0.05) is 134 Å². The molecular formula is C55H42N2OSi. The summed E-state index contributed by atoms with van der Waals surface area (Å²) in [6, 6.07) is 72.8. The van der Waals surface area contributed by atoms with E-state index in [2.05, 4.69) is 230 Å². The second kappa shape index (κ2) is 13.8. The highest BCUT2D eigenvalue weighted by molar-refractivity contribution is 6.88. The molecule has 0 radical (unpaired) electrons. The monoisotopic (exact) mass is 774 g/mol. The van der Waals surface area contributed by atoms with Gasteiger partial charge in [-0.15, -0.1) is 0 Å². The highest BCUT2D eigenvalue weighted by Gasteiger charge is 2.25. The van der Waals surface area contributed by atoms with Crippen molar-refractivity contribution < 1.29 is 4.74 Å². The number of hydrogen-bond donors (Lipinski definition) is 0. The van der Waals surface area contributed by atoms with Crippen molar-refractivity contribution >= 4 is 90.5 Å². The van der Waals surface area contributed by atoms with Crippen molar-refractivity contribution in [3.8, 4) is 22.6 Å². The Morgan fingerprint density at radius 1 is 0.339 bits per heavy atom. The third kappa shape index (κ3) is 6.03. The summed E-state index contributed by atoms with van der Waals surface area (Å²) >= 11 is 0. The molecule has 3 nitrogen and oxygen atoms in total. The van der Waals surface area contributed by atoms with Gasteiger partial charge in [-0.2, -0.15) is 0 Å². The molecule has 0 unspecified atom stereocenters. The van der Waals surface area contributed by atoms with E-state index >= 15 is 0 Å². The Hall–Kier alpha value is -7.14. The van der Waals surface area contributed by atoms with Crippen LogP contribution in [0.15, 0.2) is 200 Å². The lowest BCUT2D eigenvalue weighted by Crippen LogP contribution is -2.37. The fourth-order valence-electron chi connectivity index (χ4n) is 8.98. The molecule has 0 saturated heterocycles. The first-order chi connectivity index (χ1) is 28.9. The summed E-state index contributed by atoms with van der Waals surface area (Å²) in [5, 5.41) is 11.2. The zero-order chi connectivity index (χ0) is 39.7. The average Bonchev–Trinajstić information content (AvgIpc) is 3.27. The minimum absolute atomic E-state index is 0.859. The van der Waals surface area contributed by atoms with E-state index in [1.54, 1.807) is 0 Å². The van der Waals surface area contributed by atoms with Crippen molar-refractivity contribution in [2.75, 3.05) is 9.80 Å². The van der Waals surface area contributed by atoms with Crippen LogP contribution in [-0.4, -0.2) is 8.07 Å². The van der Waals surface area contributed by atoms with Crippen molar-refractivity contribution in [2.24, 2.45) is 0 Å². The molecule has 0 bridgehead atoms. The van der Waals surface area contributed by atoms with Crippen LogP contribution in [0.1, 0.15) is 0 Å². The Bertz CT molecular complexity index is 3230. The van der Waals surface area contributed by atoms with E-state index in [9.17, 15) is 0 Å². The predicted molar refractivity (Wildman–Crippen MR) is 254 cm³/mol. The molecular weight excluding hydrogens is 733 g/mol. The predicted octanol–water partition coefficient (Wildman–Crippen LogP) is 15.6. The molecule has 0 N–H and O–H groups in total. The van der Waals surface area contributed by atoms with Crippen LogP contribution in [0.2, 0.25) is 19.6 Å². The van der Waals surface area contributed by atoms with Crippen LogP contribution in [0.3, 0.4) is 0 Å². The van der Waals surface area contributed by atoms with Crippen LogP contribution in [0.4, 0.5) is 34.1 Å². The number of para-hydroxylation sites is 2. The lowest BCUT2D eigenvalue weighted by Gasteiger charge is -2.29. The molecule has 0 spiro atoms. The number of ether oxygens (including phenoxy) is 1. The number of rotatable bonds is 7. The minimum atomic E-state index is -1.44. The molecule has 1 aliphatic heterocycles. The van der Waals surface area contributed by atoms with Gasteiger partial charge in [0.1, 0.15) is 11.5 Å². The van der Waals surface area contributed by atoms with Gasteiger partial charge >= 0.3 is 0 Å². The van der Waals surface area contributed by atoms with E-state index in [0.29, 0.717) is 0 Å². The fourth-order valence-corrected chi connectivity index (χ4v) is 10.1. The maximum atomic E-state index is 6.88. The van der Waals surface area contributed by atoms with Gasteiger partial charge in [0.25, 0.3) is 0 Å². The summed E-state index contributed by atoms with van der Waals surface area (Å²) in [4.78, 5) is 4.69. The van der Waals surface area contributed by atoms with Gasteiger partial charge in [0.2, 0.25) is 0 Å². The largest absolute Gasteiger partial charge is 0.456 e. The van der Waals surface area contributed by atoms with Gasteiger partial charge in [0.05, 0.1) is 8.07 Å². The molecule has 1 aliphatic rings. The molecule has 59 heavy (non-hydrogen) atoms.